The van der Waals surface area contributed by atoms with Crippen LogP contribution < -0.4 is 21.9 Å². The van der Waals surface area contributed by atoms with Crippen LogP contribution in [0, 0.1) is 5.41 Å². The van der Waals surface area contributed by atoms with Gasteiger partial charge in [-0.1, -0.05) is 96.8 Å². The lowest BCUT2D eigenvalue weighted by Gasteiger charge is -2.07. The number of carbonyl (C=O) groups is 1. The topological polar surface area (TPSA) is 165 Å². The Morgan fingerprint density at radius 2 is 1.12 bits per heavy atom. The number of nitrogens with one attached hydrogen (secondary N) is 2. The summed E-state index contributed by atoms with van der Waals surface area (Å²) in [6, 6.07) is 5.82. The number of unbranched alkanes of at least 4 members (excludes halogenated alkanes) is 14. The first-order valence-electron chi connectivity index (χ1n) is 12.7. The Kier molecular flexibility index (Phi) is 18.8. The third-order valence-corrected chi connectivity index (χ3v) is 6.84. The molecular formula is C25H47N5O3S. The van der Waals surface area contributed by atoms with Crippen molar-refractivity contribution in [3.05, 3.63) is 24.3 Å². The molecule has 0 fully saturated rings. The summed E-state index contributed by atoms with van der Waals surface area (Å²) in [5, 5.41) is 6.06. The van der Waals surface area contributed by atoms with Crippen LogP contribution in [0.4, 0.5) is 5.69 Å². The first-order valence-corrected chi connectivity index (χ1v) is 14.2. The van der Waals surface area contributed by atoms with Gasteiger partial charge in [0.15, 0.2) is 5.96 Å². The van der Waals surface area contributed by atoms with Crippen molar-refractivity contribution in [2.75, 3.05) is 5.73 Å². The lowest BCUT2D eigenvalue weighted by molar-refractivity contribution is -0.119. The standard InChI is InChI=1S/C24H42N2O3S.CH5N3/c1-2-3-4-5-6-7-8-9-10-11-12-13-14-15-16-17-24(27)26-30(28,29)23-20-18-22(25)19-21-23;2-1(3)4/h18-21H,2-17,25H2,1H3,(H,26,27);(H5,2,3,4). The van der Waals surface area contributed by atoms with Crippen molar-refractivity contribution in [2.45, 2.75) is 115 Å². The molecule has 0 saturated heterocycles. The Bertz CT molecular complexity index is 763. The maximum Gasteiger partial charge on any atom is 0.264 e. The van der Waals surface area contributed by atoms with E-state index in [-0.39, 0.29) is 17.3 Å². The Labute approximate surface area is 207 Å². The summed E-state index contributed by atoms with van der Waals surface area (Å²) in [5.41, 5.74) is 15.0. The summed E-state index contributed by atoms with van der Waals surface area (Å²) in [7, 11) is -3.80. The molecule has 0 aromatic heterocycles. The van der Waals surface area contributed by atoms with Gasteiger partial charge in [0.25, 0.3) is 10.0 Å². The van der Waals surface area contributed by atoms with Crippen LogP contribution in [0.5, 0.6) is 0 Å². The summed E-state index contributed by atoms with van der Waals surface area (Å²) in [6.45, 7) is 2.26. The third-order valence-electron chi connectivity index (χ3n) is 5.45. The maximum atomic E-state index is 12.1. The third kappa shape index (κ3) is 19.2. The molecule has 8 nitrogen and oxygen atoms in total. The van der Waals surface area contributed by atoms with Gasteiger partial charge in [0.05, 0.1) is 4.90 Å². The van der Waals surface area contributed by atoms with Crippen molar-refractivity contribution < 1.29 is 13.2 Å². The Morgan fingerprint density at radius 1 is 0.765 bits per heavy atom. The predicted molar refractivity (Wildman–Crippen MR) is 142 cm³/mol. The van der Waals surface area contributed by atoms with Gasteiger partial charge < -0.3 is 17.2 Å². The number of nitrogen functional groups attached to an aromatic ring is 1. The van der Waals surface area contributed by atoms with Crippen LogP contribution in [-0.4, -0.2) is 20.3 Å². The van der Waals surface area contributed by atoms with Crippen molar-refractivity contribution >= 4 is 27.6 Å². The average molecular weight is 498 g/mol. The first kappa shape index (κ1) is 31.7. The van der Waals surface area contributed by atoms with E-state index in [9.17, 15) is 13.2 Å². The van der Waals surface area contributed by atoms with Crippen LogP contribution in [0.15, 0.2) is 29.2 Å². The molecule has 0 aliphatic carbocycles. The number of nitrogens with two attached hydrogens (primary N) is 3. The minimum absolute atomic E-state index is 0.0570. The molecule has 34 heavy (non-hydrogen) atoms. The summed E-state index contributed by atoms with van der Waals surface area (Å²) in [4.78, 5) is 12.0. The number of rotatable bonds is 18. The average Bonchev–Trinajstić information content (AvgIpc) is 2.76. The van der Waals surface area contributed by atoms with Crippen molar-refractivity contribution in [1.29, 1.82) is 5.41 Å². The number of anilines is 1. The molecule has 1 aromatic carbocycles. The minimum atomic E-state index is -3.80. The van der Waals surface area contributed by atoms with Gasteiger partial charge in [-0.2, -0.15) is 0 Å². The van der Waals surface area contributed by atoms with E-state index in [1.807, 2.05) is 0 Å². The highest BCUT2D eigenvalue weighted by Gasteiger charge is 2.16. The van der Waals surface area contributed by atoms with Gasteiger partial charge in [-0.15, -0.1) is 0 Å². The summed E-state index contributed by atoms with van der Waals surface area (Å²) < 4.78 is 26.4. The highest BCUT2D eigenvalue weighted by molar-refractivity contribution is 7.90. The molecule has 0 bridgehead atoms. The van der Waals surface area contributed by atoms with Gasteiger partial charge >= 0.3 is 0 Å². The molecule has 8 N–H and O–H groups in total. The Balaban J connectivity index is 0.00000251. The number of amides is 1. The van der Waals surface area contributed by atoms with E-state index < -0.39 is 15.9 Å². The normalized spacial score (nSPS) is 10.9. The lowest BCUT2D eigenvalue weighted by atomic mass is 10.0. The van der Waals surface area contributed by atoms with E-state index in [1.165, 1.54) is 101 Å². The van der Waals surface area contributed by atoms with Gasteiger partial charge in [0, 0.05) is 12.1 Å². The zero-order chi connectivity index (χ0) is 25.7. The molecule has 0 atom stereocenters. The first-order chi connectivity index (χ1) is 16.2. The smallest absolute Gasteiger partial charge is 0.264 e. The molecule has 1 aromatic rings. The predicted octanol–water partition coefficient (Wildman–Crippen LogP) is 5.17. The second-order valence-corrected chi connectivity index (χ2v) is 10.4. The summed E-state index contributed by atoms with van der Waals surface area (Å²) in [5.74, 6) is -0.776. The van der Waals surface area contributed by atoms with E-state index in [4.69, 9.17) is 11.1 Å². The molecule has 0 radical (unpaired) electrons. The number of hydrogen-bond acceptors (Lipinski definition) is 5. The zero-order valence-corrected chi connectivity index (χ0v) is 21.8. The second-order valence-electron chi connectivity index (χ2n) is 8.75. The van der Waals surface area contributed by atoms with Crippen LogP contribution >= 0.6 is 0 Å². The molecule has 0 unspecified atom stereocenters. The number of carbonyl (C=O) groups excluding carboxylic acids is 1. The number of guanidine groups is 1. The fourth-order valence-electron chi connectivity index (χ4n) is 3.56. The number of hydrogen-bond donors (Lipinski definition) is 5. The maximum absolute atomic E-state index is 12.1. The van der Waals surface area contributed by atoms with Crippen molar-refractivity contribution in [3.63, 3.8) is 0 Å². The van der Waals surface area contributed by atoms with Crippen LogP contribution in [0.1, 0.15) is 110 Å². The Morgan fingerprint density at radius 3 is 1.50 bits per heavy atom. The van der Waals surface area contributed by atoms with E-state index in [0.717, 1.165) is 19.3 Å². The van der Waals surface area contributed by atoms with Gasteiger partial charge in [-0.25, -0.2) is 13.1 Å². The SMILES string of the molecule is CCCCCCCCCCCCCCCCCC(=O)NS(=O)(=O)c1ccc(N)cc1.N=C(N)N. The zero-order valence-electron chi connectivity index (χ0n) is 21.0. The second kappa shape index (κ2) is 20.1. The molecule has 1 rings (SSSR count). The Hall–Kier alpha value is -2.29. The molecule has 1 amide bonds. The van der Waals surface area contributed by atoms with E-state index in [1.54, 1.807) is 0 Å². The largest absolute Gasteiger partial charge is 0.399 e. The fourth-order valence-corrected chi connectivity index (χ4v) is 4.58. The lowest BCUT2D eigenvalue weighted by Crippen LogP contribution is -2.30. The van der Waals surface area contributed by atoms with Gasteiger partial charge in [0.2, 0.25) is 5.91 Å². The monoisotopic (exact) mass is 497 g/mol. The molecule has 0 heterocycles. The van der Waals surface area contributed by atoms with Gasteiger partial charge in [-0.05, 0) is 30.7 Å². The molecule has 0 spiro atoms. The van der Waals surface area contributed by atoms with Crippen LogP contribution in [-0.2, 0) is 14.8 Å². The number of sulfonamides is 1. The molecule has 0 saturated carbocycles. The van der Waals surface area contributed by atoms with Crippen LogP contribution in [0.2, 0.25) is 0 Å². The van der Waals surface area contributed by atoms with E-state index >= 15 is 0 Å². The van der Waals surface area contributed by atoms with Crippen LogP contribution in [0.25, 0.3) is 0 Å². The molecular weight excluding hydrogens is 450 g/mol. The quantitative estimate of drug-likeness (QED) is 0.0811. The molecule has 0 aliphatic rings. The van der Waals surface area contributed by atoms with Crippen LogP contribution in [0.3, 0.4) is 0 Å². The minimum Gasteiger partial charge on any atom is -0.399 e. The highest BCUT2D eigenvalue weighted by atomic mass is 32.2. The van der Waals surface area contributed by atoms with Crippen molar-refractivity contribution in [2.24, 2.45) is 11.5 Å². The molecule has 196 valence electrons. The highest BCUT2D eigenvalue weighted by Crippen LogP contribution is 2.14. The molecule has 0 aliphatic heterocycles. The fraction of sp³-hybridized carbons (Fsp3) is 0.680. The van der Waals surface area contributed by atoms with E-state index in [0.29, 0.717) is 5.69 Å². The van der Waals surface area contributed by atoms with E-state index in [2.05, 4.69) is 23.1 Å². The summed E-state index contributed by atoms with van der Waals surface area (Å²) in [6.07, 6.45) is 19.2. The summed E-state index contributed by atoms with van der Waals surface area (Å²) >= 11 is 0. The molecule has 9 heteroatoms. The number of benzene rings is 1. The van der Waals surface area contributed by atoms with Gasteiger partial charge in [0.1, 0.15) is 0 Å². The van der Waals surface area contributed by atoms with Gasteiger partial charge in [-0.3, -0.25) is 10.2 Å². The van der Waals surface area contributed by atoms with Crippen molar-refractivity contribution in [1.82, 2.24) is 4.72 Å². The van der Waals surface area contributed by atoms with Crippen molar-refractivity contribution in [3.8, 4) is 0 Å².